The smallest absolute Gasteiger partial charge is 0.270 e. The minimum atomic E-state index is -0.957. The molecular weight excluding hydrogens is 450 g/mol. The Hall–Kier alpha value is -3.85. The summed E-state index contributed by atoms with van der Waals surface area (Å²) in [6.45, 7) is 2.59. The molecule has 0 spiro atoms. The number of allylic oxidation sites excluding steroid dienone is 1. The second kappa shape index (κ2) is 8.74. The minimum Gasteiger partial charge on any atom is -0.385 e. The highest BCUT2D eigenvalue weighted by Gasteiger charge is 2.64. The number of Topliss-reactive ketones (excluding diaryl/α,β-unsaturated/α-hetero) is 1. The minimum absolute atomic E-state index is 0.144. The number of anilines is 1. The largest absolute Gasteiger partial charge is 0.385 e. The van der Waals surface area contributed by atoms with Gasteiger partial charge in [-0.15, -0.1) is 0 Å². The molecule has 0 aliphatic carbocycles. The normalized spacial score (nSPS) is 24.7. The van der Waals surface area contributed by atoms with Crippen molar-refractivity contribution < 1.29 is 24.0 Å². The molecule has 180 valence electrons. The Morgan fingerprint density at radius 2 is 1.83 bits per heavy atom. The van der Waals surface area contributed by atoms with E-state index in [0.29, 0.717) is 13.0 Å². The molecule has 9 heteroatoms. The van der Waals surface area contributed by atoms with Gasteiger partial charge < -0.3 is 9.64 Å². The van der Waals surface area contributed by atoms with Gasteiger partial charge in [-0.3, -0.25) is 29.4 Å². The van der Waals surface area contributed by atoms with E-state index in [1.54, 1.807) is 7.11 Å². The predicted octanol–water partition coefficient (Wildman–Crippen LogP) is 3.09. The number of likely N-dealkylation sites (tertiary alicyclic amines) is 1. The van der Waals surface area contributed by atoms with Crippen LogP contribution in [0.2, 0.25) is 0 Å². The van der Waals surface area contributed by atoms with Crippen LogP contribution in [0, 0.1) is 22.0 Å². The van der Waals surface area contributed by atoms with Crippen LogP contribution in [0.25, 0.3) is 5.57 Å². The molecule has 2 amide bonds. The highest BCUT2D eigenvalue weighted by Crippen LogP contribution is 2.50. The lowest BCUT2D eigenvalue weighted by molar-refractivity contribution is -0.384. The summed E-state index contributed by atoms with van der Waals surface area (Å²) in [6, 6.07) is 11.7. The summed E-state index contributed by atoms with van der Waals surface area (Å²) in [4.78, 5) is 55.0. The molecule has 2 aromatic carbocycles. The van der Waals surface area contributed by atoms with E-state index >= 15 is 0 Å². The number of fused-ring (bicyclic) bond motifs is 5. The van der Waals surface area contributed by atoms with Crippen LogP contribution >= 0.6 is 0 Å². The fourth-order valence-corrected chi connectivity index (χ4v) is 5.69. The molecule has 2 fully saturated rings. The van der Waals surface area contributed by atoms with Gasteiger partial charge in [0.15, 0.2) is 5.78 Å². The highest BCUT2D eigenvalue weighted by atomic mass is 16.6. The molecule has 2 aromatic rings. The Balaban J connectivity index is 1.62. The number of non-ortho nitro benzene ring substituents is 1. The molecule has 35 heavy (non-hydrogen) atoms. The van der Waals surface area contributed by atoms with E-state index < -0.39 is 34.6 Å². The molecule has 3 aliphatic rings. The number of nitro groups is 1. The molecule has 0 radical (unpaired) electrons. The lowest BCUT2D eigenvalue weighted by Gasteiger charge is -2.38. The maximum atomic E-state index is 13.9. The molecule has 5 rings (SSSR count). The second-order valence-electron chi connectivity index (χ2n) is 9.11. The number of ether oxygens (including phenoxy) is 1. The Kier molecular flexibility index (Phi) is 5.72. The van der Waals surface area contributed by atoms with Gasteiger partial charge in [0.1, 0.15) is 6.04 Å². The van der Waals surface area contributed by atoms with Gasteiger partial charge in [0.2, 0.25) is 11.8 Å². The summed E-state index contributed by atoms with van der Waals surface area (Å²) in [6.07, 6.45) is 2.47. The van der Waals surface area contributed by atoms with Crippen molar-refractivity contribution in [3.05, 3.63) is 75.8 Å². The fraction of sp³-hybridized carbons (Fsp3) is 0.346. The monoisotopic (exact) mass is 475 g/mol. The zero-order chi connectivity index (χ0) is 24.9. The third kappa shape index (κ3) is 3.54. The van der Waals surface area contributed by atoms with Crippen LogP contribution in [0.15, 0.2) is 54.6 Å². The van der Waals surface area contributed by atoms with E-state index in [9.17, 15) is 24.5 Å². The average Bonchev–Trinajstić information content (AvgIpc) is 3.32. The molecular formula is C26H25N3O6. The number of ketones is 1. The molecule has 3 aliphatic heterocycles. The number of nitro benzene ring substituents is 1. The number of para-hydroxylation sites is 1. The van der Waals surface area contributed by atoms with Gasteiger partial charge in [-0.25, -0.2) is 0 Å². The predicted molar refractivity (Wildman–Crippen MR) is 128 cm³/mol. The number of imide groups is 1. The third-order valence-corrected chi connectivity index (χ3v) is 7.19. The number of carbonyl (C=O) groups excluding carboxylic acids is 3. The second-order valence-corrected chi connectivity index (χ2v) is 9.11. The van der Waals surface area contributed by atoms with Crippen LogP contribution in [-0.4, -0.2) is 59.8 Å². The number of benzene rings is 2. The summed E-state index contributed by atoms with van der Waals surface area (Å²) in [7, 11) is 1.56. The third-order valence-electron chi connectivity index (χ3n) is 7.19. The highest BCUT2D eigenvalue weighted by molar-refractivity contribution is 6.14. The first-order valence-corrected chi connectivity index (χ1v) is 11.5. The van der Waals surface area contributed by atoms with Gasteiger partial charge >= 0.3 is 0 Å². The summed E-state index contributed by atoms with van der Waals surface area (Å²) in [5.74, 6) is -2.66. The molecule has 4 atom stereocenters. The first-order chi connectivity index (χ1) is 16.8. The Morgan fingerprint density at radius 3 is 2.57 bits per heavy atom. The van der Waals surface area contributed by atoms with Crippen molar-refractivity contribution in [1.29, 1.82) is 0 Å². The van der Waals surface area contributed by atoms with Crippen molar-refractivity contribution in [2.45, 2.75) is 25.4 Å². The van der Waals surface area contributed by atoms with Crippen LogP contribution in [0.1, 0.15) is 29.3 Å². The number of methoxy groups -OCH3 is 1. The van der Waals surface area contributed by atoms with Crippen molar-refractivity contribution in [2.75, 3.05) is 25.2 Å². The Morgan fingerprint density at radius 1 is 1.09 bits per heavy atom. The van der Waals surface area contributed by atoms with E-state index in [1.807, 2.05) is 42.2 Å². The topological polar surface area (TPSA) is 110 Å². The summed E-state index contributed by atoms with van der Waals surface area (Å²) in [5, 5.41) is 11.3. The number of carbonyl (C=O) groups is 3. The number of amides is 2. The van der Waals surface area contributed by atoms with Crippen LogP contribution in [0.4, 0.5) is 11.4 Å². The standard InChI is InChI=1S/C26H25N3O6/c1-15-13-20-21-22(26(32)27(25(21)31)11-6-12-35-2)23(28(20)19-10-4-3-9-18(15)19)24(30)16-7-5-8-17(14-16)29(33)34/h3-5,7-10,13-14,20-23H,6,11-12H2,1-2H3/t20-,21+,22+,23-/m1/s1. The Labute approximate surface area is 202 Å². The number of nitrogens with zero attached hydrogens (tertiary/aromatic N) is 3. The number of rotatable bonds is 7. The van der Waals surface area contributed by atoms with E-state index in [4.69, 9.17) is 4.74 Å². The zero-order valence-corrected chi connectivity index (χ0v) is 19.4. The fourth-order valence-electron chi connectivity index (χ4n) is 5.69. The van der Waals surface area contributed by atoms with Crippen LogP contribution < -0.4 is 4.90 Å². The number of hydrogen-bond acceptors (Lipinski definition) is 7. The van der Waals surface area contributed by atoms with Crippen molar-refractivity contribution in [3.8, 4) is 0 Å². The maximum Gasteiger partial charge on any atom is 0.270 e. The molecule has 3 heterocycles. The van der Waals surface area contributed by atoms with E-state index in [2.05, 4.69) is 0 Å². The van der Waals surface area contributed by atoms with Crippen molar-refractivity contribution in [2.24, 2.45) is 11.8 Å². The van der Waals surface area contributed by atoms with E-state index in [-0.39, 0.29) is 29.6 Å². The van der Waals surface area contributed by atoms with Crippen molar-refractivity contribution in [1.82, 2.24) is 4.90 Å². The SMILES string of the molecule is COCCCN1C(=O)[C@@H]2[C@H](C1=O)[C@H](C(=O)c1cccc([N+](=O)[O-])c1)N1c3ccccc3C(C)=C[C@H]21. The summed E-state index contributed by atoms with van der Waals surface area (Å²) >= 11 is 0. The molecule has 0 aromatic heterocycles. The molecule has 0 bridgehead atoms. The lowest BCUT2D eigenvalue weighted by Crippen LogP contribution is -2.49. The Bertz CT molecular complexity index is 1270. The molecule has 0 unspecified atom stereocenters. The van der Waals surface area contributed by atoms with Crippen LogP contribution in [-0.2, 0) is 14.3 Å². The first kappa shape index (κ1) is 22.9. The first-order valence-electron chi connectivity index (χ1n) is 11.5. The van der Waals surface area contributed by atoms with Gasteiger partial charge in [-0.2, -0.15) is 0 Å². The van der Waals surface area contributed by atoms with E-state index in [0.717, 1.165) is 16.8 Å². The molecule has 0 saturated carbocycles. The molecule has 0 N–H and O–H groups in total. The average molecular weight is 476 g/mol. The summed E-state index contributed by atoms with van der Waals surface area (Å²) < 4.78 is 5.08. The van der Waals surface area contributed by atoms with Gasteiger partial charge in [0.25, 0.3) is 5.69 Å². The van der Waals surface area contributed by atoms with Crippen molar-refractivity contribution >= 4 is 34.5 Å². The molecule has 2 saturated heterocycles. The van der Waals surface area contributed by atoms with Crippen LogP contribution in [0.5, 0.6) is 0 Å². The lowest BCUT2D eigenvalue weighted by atomic mass is 9.85. The summed E-state index contributed by atoms with van der Waals surface area (Å²) in [5.41, 5.74) is 2.62. The van der Waals surface area contributed by atoms with Crippen LogP contribution in [0.3, 0.4) is 0 Å². The number of hydrogen-bond donors (Lipinski definition) is 0. The molecule has 9 nitrogen and oxygen atoms in total. The maximum absolute atomic E-state index is 13.9. The van der Waals surface area contributed by atoms with Gasteiger partial charge in [0, 0.05) is 49.2 Å². The van der Waals surface area contributed by atoms with Crippen molar-refractivity contribution in [3.63, 3.8) is 0 Å². The zero-order valence-electron chi connectivity index (χ0n) is 19.4. The van der Waals surface area contributed by atoms with Gasteiger partial charge in [-0.1, -0.05) is 36.4 Å². The van der Waals surface area contributed by atoms with Gasteiger partial charge in [0.05, 0.1) is 22.8 Å². The quantitative estimate of drug-likeness (QED) is 0.199. The van der Waals surface area contributed by atoms with E-state index in [1.165, 1.54) is 29.2 Å². The van der Waals surface area contributed by atoms with Gasteiger partial charge in [-0.05, 0) is 25.0 Å².